The zero-order chi connectivity index (χ0) is 9.42. The summed E-state index contributed by atoms with van der Waals surface area (Å²) in [6.45, 7) is 4.30. The molecule has 0 atom stereocenters. The molecular weight excluding hydrogens is 184 g/mol. The molecule has 2 aromatic heterocycles. The van der Waals surface area contributed by atoms with Crippen LogP contribution in [0.3, 0.4) is 0 Å². The molecule has 0 radical (unpaired) electrons. The predicted octanol–water partition coefficient (Wildman–Crippen LogP) is 3.34. The Morgan fingerprint density at radius 1 is 1.46 bits per heavy atom. The molecule has 2 rings (SSSR count). The lowest BCUT2D eigenvalue weighted by Crippen LogP contribution is -1.90. The van der Waals surface area contributed by atoms with Gasteiger partial charge in [0.25, 0.3) is 0 Å². The van der Waals surface area contributed by atoms with Crippen molar-refractivity contribution in [3.63, 3.8) is 0 Å². The van der Waals surface area contributed by atoms with Crippen LogP contribution < -0.4 is 0 Å². The maximum absolute atomic E-state index is 5.89. The Hall–Kier alpha value is -1.02. The van der Waals surface area contributed by atoms with Crippen LogP contribution in [-0.4, -0.2) is 9.97 Å². The molecule has 0 aliphatic heterocycles. The van der Waals surface area contributed by atoms with Gasteiger partial charge < -0.3 is 4.98 Å². The molecule has 2 heterocycles. The van der Waals surface area contributed by atoms with E-state index in [1.54, 1.807) is 0 Å². The Balaban J connectivity index is 2.77. The van der Waals surface area contributed by atoms with Crippen LogP contribution >= 0.6 is 11.6 Å². The average Bonchev–Trinajstić information content (AvgIpc) is 2.49. The number of aromatic nitrogens is 2. The molecule has 13 heavy (non-hydrogen) atoms. The monoisotopic (exact) mass is 194 g/mol. The average molecular weight is 195 g/mol. The minimum absolute atomic E-state index is 0.471. The van der Waals surface area contributed by atoms with E-state index in [4.69, 9.17) is 11.6 Å². The van der Waals surface area contributed by atoms with E-state index in [-0.39, 0.29) is 0 Å². The van der Waals surface area contributed by atoms with Crippen molar-refractivity contribution in [1.29, 1.82) is 0 Å². The van der Waals surface area contributed by atoms with Crippen LogP contribution in [0.4, 0.5) is 0 Å². The number of nitrogens with one attached hydrogen (secondary N) is 1. The molecule has 2 nitrogen and oxygen atoms in total. The van der Waals surface area contributed by atoms with Gasteiger partial charge in [-0.15, -0.1) is 0 Å². The SMILES string of the molecule is CC(C)c1cc(Cl)nc2[nH]ccc12. The van der Waals surface area contributed by atoms with Crippen molar-refractivity contribution in [2.45, 2.75) is 19.8 Å². The van der Waals surface area contributed by atoms with Crippen molar-refractivity contribution in [1.82, 2.24) is 9.97 Å². The number of aromatic amines is 1. The molecular formula is C10H11ClN2. The molecule has 0 saturated heterocycles. The molecule has 0 amide bonds. The van der Waals surface area contributed by atoms with Gasteiger partial charge in [-0.1, -0.05) is 25.4 Å². The summed E-state index contributed by atoms with van der Waals surface area (Å²) in [5.74, 6) is 0.471. The van der Waals surface area contributed by atoms with Gasteiger partial charge in [-0.3, -0.25) is 0 Å². The summed E-state index contributed by atoms with van der Waals surface area (Å²) < 4.78 is 0. The van der Waals surface area contributed by atoms with E-state index in [2.05, 4.69) is 23.8 Å². The molecule has 0 aliphatic carbocycles. The van der Waals surface area contributed by atoms with Crippen LogP contribution in [0.15, 0.2) is 18.3 Å². The number of pyridine rings is 1. The van der Waals surface area contributed by atoms with Crippen molar-refractivity contribution < 1.29 is 0 Å². The zero-order valence-corrected chi connectivity index (χ0v) is 8.39. The molecule has 0 fully saturated rings. The second-order valence-electron chi connectivity index (χ2n) is 3.43. The van der Waals surface area contributed by atoms with E-state index < -0.39 is 0 Å². The number of fused-ring (bicyclic) bond motifs is 1. The van der Waals surface area contributed by atoms with E-state index in [9.17, 15) is 0 Å². The first kappa shape index (κ1) is 8.57. The summed E-state index contributed by atoms with van der Waals surface area (Å²) in [5.41, 5.74) is 2.12. The second-order valence-corrected chi connectivity index (χ2v) is 3.82. The van der Waals surface area contributed by atoms with Crippen LogP contribution in [0.2, 0.25) is 5.15 Å². The van der Waals surface area contributed by atoms with Gasteiger partial charge in [-0.05, 0) is 23.6 Å². The number of H-pyrrole nitrogens is 1. The van der Waals surface area contributed by atoms with Gasteiger partial charge in [-0.2, -0.15) is 0 Å². The normalized spacial score (nSPS) is 11.4. The topological polar surface area (TPSA) is 28.7 Å². The molecule has 2 aromatic rings. The van der Waals surface area contributed by atoms with E-state index in [1.807, 2.05) is 18.3 Å². The van der Waals surface area contributed by atoms with E-state index in [0.29, 0.717) is 11.1 Å². The van der Waals surface area contributed by atoms with Crippen molar-refractivity contribution in [3.8, 4) is 0 Å². The fraction of sp³-hybridized carbons (Fsp3) is 0.300. The Kier molecular flexibility index (Phi) is 2.00. The third-order valence-corrected chi connectivity index (χ3v) is 2.35. The van der Waals surface area contributed by atoms with Crippen molar-refractivity contribution >= 4 is 22.6 Å². The molecule has 1 N–H and O–H groups in total. The van der Waals surface area contributed by atoms with Crippen LogP contribution in [0.25, 0.3) is 11.0 Å². The van der Waals surface area contributed by atoms with Gasteiger partial charge in [0.15, 0.2) is 0 Å². The molecule has 68 valence electrons. The Labute approximate surface area is 81.9 Å². The summed E-state index contributed by atoms with van der Waals surface area (Å²) in [5, 5.41) is 1.72. The third-order valence-electron chi connectivity index (χ3n) is 2.15. The zero-order valence-electron chi connectivity index (χ0n) is 7.63. The van der Waals surface area contributed by atoms with Gasteiger partial charge in [0.2, 0.25) is 0 Å². The van der Waals surface area contributed by atoms with Gasteiger partial charge in [-0.25, -0.2) is 4.98 Å². The highest BCUT2D eigenvalue weighted by Gasteiger charge is 2.08. The Bertz CT molecular complexity index is 431. The first-order valence-electron chi connectivity index (χ1n) is 4.32. The maximum Gasteiger partial charge on any atom is 0.139 e. The van der Waals surface area contributed by atoms with E-state index in [1.165, 1.54) is 10.9 Å². The van der Waals surface area contributed by atoms with Crippen LogP contribution in [0.1, 0.15) is 25.3 Å². The predicted molar refractivity (Wildman–Crippen MR) is 55.2 cm³/mol. The molecule has 0 bridgehead atoms. The van der Waals surface area contributed by atoms with Crippen LogP contribution in [0, 0.1) is 0 Å². The lowest BCUT2D eigenvalue weighted by atomic mass is 10.0. The molecule has 3 heteroatoms. The number of rotatable bonds is 1. The Morgan fingerprint density at radius 3 is 2.92 bits per heavy atom. The number of halogens is 1. The van der Waals surface area contributed by atoms with Crippen molar-refractivity contribution in [2.75, 3.05) is 0 Å². The number of nitrogens with zero attached hydrogens (tertiary/aromatic N) is 1. The highest BCUT2D eigenvalue weighted by molar-refractivity contribution is 6.29. The number of hydrogen-bond acceptors (Lipinski definition) is 1. The third kappa shape index (κ3) is 1.42. The van der Waals surface area contributed by atoms with E-state index in [0.717, 1.165) is 5.65 Å². The molecule has 0 aromatic carbocycles. The fourth-order valence-corrected chi connectivity index (χ4v) is 1.71. The summed E-state index contributed by atoms with van der Waals surface area (Å²) in [4.78, 5) is 7.25. The minimum atomic E-state index is 0.471. The highest BCUT2D eigenvalue weighted by Crippen LogP contribution is 2.25. The van der Waals surface area contributed by atoms with Gasteiger partial charge in [0.1, 0.15) is 10.8 Å². The highest BCUT2D eigenvalue weighted by atomic mass is 35.5. The molecule has 0 saturated carbocycles. The standard InChI is InChI=1S/C10H11ClN2/c1-6(2)8-5-9(11)13-10-7(8)3-4-12-10/h3-6H,1-2H3,(H,12,13). The van der Waals surface area contributed by atoms with Crippen LogP contribution in [-0.2, 0) is 0 Å². The van der Waals surface area contributed by atoms with Gasteiger partial charge in [0, 0.05) is 11.6 Å². The van der Waals surface area contributed by atoms with Crippen molar-refractivity contribution in [2.24, 2.45) is 0 Å². The van der Waals surface area contributed by atoms with Gasteiger partial charge >= 0.3 is 0 Å². The van der Waals surface area contributed by atoms with Gasteiger partial charge in [0.05, 0.1) is 0 Å². The summed E-state index contributed by atoms with van der Waals surface area (Å²) >= 11 is 5.89. The summed E-state index contributed by atoms with van der Waals surface area (Å²) in [6, 6.07) is 3.97. The lowest BCUT2D eigenvalue weighted by Gasteiger charge is -2.06. The minimum Gasteiger partial charge on any atom is -0.346 e. The fourth-order valence-electron chi connectivity index (χ4n) is 1.51. The quantitative estimate of drug-likeness (QED) is 0.693. The van der Waals surface area contributed by atoms with Crippen LogP contribution in [0.5, 0.6) is 0 Å². The Morgan fingerprint density at radius 2 is 2.23 bits per heavy atom. The lowest BCUT2D eigenvalue weighted by molar-refractivity contribution is 0.874. The van der Waals surface area contributed by atoms with E-state index >= 15 is 0 Å². The largest absolute Gasteiger partial charge is 0.346 e. The molecule has 0 unspecified atom stereocenters. The maximum atomic E-state index is 5.89. The first-order valence-corrected chi connectivity index (χ1v) is 4.70. The first-order chi connectivity index (χ1) is 6.18. The van der Waals surface area contributed by atoms with Crippen molar-refractivity contribution in [3.05, 3.63) is 29.0 Å². The second kappa shape index (κ2) is 3.04. The summed E-state index contributed by atoms with van der Waals surface area (Å²) in [6.07, 6.45) is 1.89. The molecule has 0 spiro atoms. The molecule has 0 aliphatic rings. The summed E-state index contributed by atoms with van der Waals surface area (Å²) in [7, 11) is 0. The smallest absolute Gasteiger partial charge is 0.139 e. The number of hydrogen-bond donors (Lipinski definition) is 1.